The van der Waals surface area contributed by atoms with Crippen LogP contribution >= 0.6 is 0 Å². The van der Waals surface area contributed by atoms with Crippen LogP contribution < -0.4 is 26.7 Å². The average molecular weight is 531 g/mol. The van der Waals surface area contributed by atoms with Crippen molar-refractivity contribution in [1.29, 1.82) is 0 Å². The van der Waals surface area contributed by atoms with Gasteiger partial charge in [0, 0.05) is 23.5 Å². The molecule has 1 heterocycles. The zero-order valence-electron chi connectivity index (χ0n) is 21.1. The van der Waals surface area contributed by atoms with Crippen LogP contribution in [0.3, 0.4) is 0 Å². The van der Waals surface area contributed by atoms with Gasteiger partial charge in [0.25, 0.3) is 0 Å². The summed E-state index contributed by atoms with van der Waals surface area (Å²) in [6.07, 6.45) is 2.54. The Morgan fingerprint density at radius 1 is 0.692 bits per heavy atom. The Labute approximate surface area is 224 Å². The number of H-pyrrole nitrogens is 1. The number of nitrogens with two attached hydrogens (primary N) is 3. The summed E-state index contributed by atoms with van der Waals surface area (Å²) >= 11 is 0. The van der Waals surface area contributed by atoms with Gasteiger partial charge in [-0.1, -0.05) is 42.5 Å². The number of esters is 2. The highest BCUT2D eigenvalue weighted by molar-refractivity contribution is 5.85. The maximum Gasteiger partial charge on any atom is 0.328 e. The Kier molecular flexibility index (Phi) is 8.72. The number of rotatable bonds is 11. The lowest BCUT2D eigenvalue weighted by molar-refractivity contribution is -0.138. The Morgan fingerprint density at radius 2 is 1.18 bits per heavy atom. The molecule has 8 N–H and O–H groups in total. The number of para-hydroxylation sites is 1. The normalized spacial score (nSPS) is 13.4. The molecule has 202 valence electrons. The van der Waals surface area contributed by atoms with Crippen molar-refractivity contribution in [2.24, 2.45) is 17.2 Å². The number of nitrogens with one attached hydrogen (secondary N) is 1. The molecule has 4 aromatic rings. The van der Waals surface area contributed by atoms with Crippen molar-refractivity contribution >= 4 is 28.8 Å². The molecule has 0 saturated carbocycles. The van der Waals surface area contributed by atoms with E-state index in [9.17, 15) is 14.4 Å². The van der Waals surface area contributed by atoms with Gasteiger partial charge in [0.05, 0.1) is 0 Å². The number of aromatic amines is 1. The van der Waals surface area contributed by atoms with Crippen molar-refractivity contribution in [1.82, 2.24) is 4.98 Å². The van der Waals surface area contributed by atoms with Crippen LogP contribution in [0.5, 0.6) is 11.5 Å². The highest BCUT2D eigenvalue weighted by Gasteiger charge is 2.20. The summed E-state index contributed by atoms with van der Waals surface area (Å²) in [6.45, 7) is 0. The first-order valence-electron chi connectivity index (χ1n) is 12.4. The summed E-state index contributed by atoms with van der Waals surface area (Å²) in [4.78, 5) is 39.0. The summed E-state index contributed by atoms with van der Waals surface area (Å²) in [5.74, 6) is -1.65. The first-order valence-corrected chi connectivity index (χ1v) is 12.4. The third kappa shape index (κ3) is 7.29. The van der Waals surface area contributed by atoms with Crippen LogP contribution in [0, 0.1) is 0 Å². The number of aromatic nitrogens is 1. The molecule has 0 bridgehead atoms. The largest absolute Gasteiger partial charge is 0.480 e. The molecular weight excluding hydrogens is 500 g/mol. The molecule has 3 atom stereocenters. The van der Waals surface area contributed by atoms with Gasteiger partial charge in [-0.2, -0.15) is 0 Å². The van der Waals surface area contributed by atoms with Crippen molar-refractivity contribution in [3.05, 3.63) is 95.7 Å². The predicted octanol–water partition coefficient (Wildman–Crippen LogP) is 2.07. The molecule has 39 heavy (non-hydrogen) atoms. The van der Waals surface area contributed by atoms with Gasteiger partial charge in [0.1, 0.15) is 29.6 Å². The predicted molar refractivity (Wildman–Crippen MR) is 145 cm³/mol. The van der Waals surface area contributed by atoms with E-state index in [1.807, 2.05) is 30.5 Å². The van der Waals surface area contributed by atoms with Crippen molar-refractivity contribution in [3.63, 3.8) is 0 Å². The van der Waals surface area contributed by atoms with E-state index >= 15 is 0 Å². The lowest BCUT2D eigenvalue weighted by Gasteiger charge is -2.13. The number of hydrogen-bond donors (Lipinski definition) is 5. The molecule has 0 saturated heterocycles. The SMILES string of the molecule is N[C@H](Cc1ccc(OC(=O)[C@@H](N)Cc2ccc(OC(=O)[C@H](N)Cc3c[nH]c4ccccc34)cc2)cc1)C(=O)O. The maximum absolute atomic E-state index is 12.5. The maximum atomic E-state index is 12.5. The molecule has 3 aromatic carbocycles. The Bertz CT molecular complexity index is 1450. The van der Waals surface area contributed by atoms with Gasteiger partial charge in [0.2, 0.25) is 0 Å². The number of fused-ring (bicyclic) bond motifs is 1. The number of aliphatic carboxylic acids is 1. The average Bonchev–Trinajstić information content (AvgIpc) is 3.33. The van der Waals surface area contributed by atoms with Crippen LogP contribution in [-0.2, 0) is 33.6 Å². The zero-order valence-corrected chi connectivity index (χ0v) is 21.1. The van der Waals surface area contributed by atoms with E-state index in [2.05, 4.69) is 4.98 Å². The second-order valence-electron chi connectivity index (χ2n) is 9.26. The first kappa shape index (κ1) is 27.5. The molecule has 10 heteroatoms. The minimum atomic E-state index is -1.09. The smallest absolute Gasteiger partial charge is 0.328 e. The second-order valence-corrected chi connectivity index (χ2v) is 9.26. The number of benzene rings is 3. The van der Waals surface area contributed by atoms with E-state index in [0.29, 0.717) is 17.7 Å². The number of carbonyl (C=O) groups excluding carboxylic acids is 2. The van der Waals surface area contributed by atoms with Crippen LogP contribution in [0.25, 0.3) is 10.9 Å². The number of carbonyl (C=O) groups is 3. The Morgan fingerprint density at radius 3 is 1.72 bits per heavy atom. The second kappa shape index (κ2) is 12.4. The lowest BCUT2D eigenvalue weighted by atomic mass is 10.1. The van der Waals surface area contributed by atoms with Crippen LogP contribution in [0.4, 0.5) is 0 Å². The molecule has 0 spiro atoms. The molecular formula is C29H30N4O6. The van der Waals surface area contributed by atoms with Crippen molar-refractivity contribution in [3.8, 4) is 11.5 Å². The van der Waals surface area contributed by atoms with E-state index in [0.717, 1.165) is 22.0 Å². The summed E-state index contributed by atoms with van der Waals surface area (Å²) < 4.78 is 10.8. The fourth-order valence-electron chi connectivity index (χ4n) is 4.07. The molecule has 0 amide bonds. The van der Waals surface area contributed by atoms with Crippen molar-refractivity contribution in [2.45, 2.75) is 37.4 Å². The molecule has 0 aliphatic carbocycles. The molecule has 0 fully saturated rings. The number of ether oxygens (including phenoxy) is 2. The van der Waals surface area contributed by atoms with E-state index in [1.165, 1.54) is 0 Å². The Hall–Kier alpha value is -4.51. The fraction of sp³-hybridized carbons (Fsp3) is 0.207. The quantitative estimate of drug-likeness (QED) is 0.143. The summed E-state index contributed by atoms with van der Waals surface area (Å²) in [6, 6.07) is 18.1. The van der Waals surface area contributed by atoms with E-state index in [-0.39, 0.29) is 18.6 Å². The van der Waals surface area contributed by atoms with Crippen molar-refractivity contribution < 1.29 is 29.0 Å². The fourth-order valence-corrected chi connectivity index (χ4v) is 4.07. The molecule has 0 aliphatic heterocycles. The van der Waals surface area contributed by atoms with Gasteiger partial charge in [-0.15, -0.1) is 0 Å². The van der Waals surface area contributed by atoms with Gasteiger partial charge < -0.3 is 36.8 Å². The van der Waals surface area contributed by atoms with Crippen LogP contribution in [0.1, 0.15) is 16.7 Å². The third-order valence-electron chi connectivity index (χ3n) is 6.23. The summed E-state index contributed by atoms with van der Waals surface area (Å²) in [5.41, 5.74) is 21.0. The van der Waals surface area contributed by atoms with Gasteiger partial charge in [-0.25, -0.2) is 9.59 Å². The highest BCUT2D eigenvalue weighted by Crippen LogP contribution is 2.20. The number of carboxylic acid groups (broad SMARTS) is 1. The Balaban J connectivity index is 1.26. The third-order valence-corrected chi connectivity index (χ3v) is 6.23. The summed E-state index contributed by atoms with van der Waals surface area (Å²) in [7, 11) is 0. The summed E-state index contributed by atoms with van der Waals surface area (Å²) in [5, 5.41) is 9.92. The first-order chi connectivity index (χ1) is 18.7. The molecule has 0 radical (unpaired) electrons. The minimum absolute atomic E-state index is 0.157. The van der Waals surface area contributed by atoms with E-state index in [1.54, 1.807) is 48.5 Å². The minimum Gasteiger partial charge on any atom is -0.480 e. The van der Waals surface area contributed by atoms with Crippen LogP contribution in [0.2, 0.25) is 0 Å². The van der Waals surface area contributed by atoms with Crippen molar-refractivity contribution in [2.75, 3.05) is 0 Å². The molecule has 4 rings (SSSR count). The number of carboxylic acids is 1. The molecule has 0 unspecified atom stereocenters. The van der Waals surface area contributed by atoms with E-state index < -0.39 is 36.0 Å². The topological polar surface area (TPSA) is 184 Å². The molecule has 1 aromatic heterocycles. The highest BCUT2D eigenvalue weighted by atomic mass is 16.5. The molecule has 10 nitrogen and oxygen atoms in total. The van der Waals surface area contributed by atoms with Gasteiger partial charge in [-0.05, 0) is 59.9 Å². The standard InChI is InChI=1S/C29H30N4O6/c30-23(27(34)35)13-17-5-9-20(10-6-17)38-28(36)24(31)14-18-7-11-21(12-8-18)39-29(37)25(32)15-19-16-33-26-4-2-1-3-22(19)26/h1-12,16,23-25,33H,13-15,30-32H2,(H,34,35)/t23-,24+,25-/m1/s1. The van der Waals surface area contributed by atoms with Crippen LogP contribution in [-0.4, -0.2) is 46.1 Å². The van der Waals surface area contributed by atoms with E-state index in [4.69, 9.17) is 31.8 Å². The van der Waals surface area contributed by atoms with Gasteiger partial charge in [0.15, 0.2) is 0 Å². The monoisotopic (exact) mass is 530 g/mol. The number of hydrogen-bond acceptors (Lipinski definition) is 8. The van der Waals surface area contributed by atoms with Gasteiger partial charge in [-0.3, -0.25) is 4.79 Å². The lowest BCUT2D eigenvalue weighted by Crippen LogP contribution is -2.36. The molecule has 0 aliphatic rings. The van der Waals surface area contributed by atoms with Crippen LogP contribution in [0.15, 0.2) is 79.0 Å². The zero-order chi connectivity index (χ0) is 27.9. The van der Waals surface area contributed by atoms with Gasteiger partial charge >= 0.3 is 17.9 Å².